The number of hydrogen-bond acceptors (Lipinski definition) is 5. The Bertz CT molecular complexity index is 765. The highest BCUT2D eigenvalue weighted by atomic mass is 16.6. The van der Waals surface area contributed by atoms with Gasteiger partial charge in [-0.05, 0) is 86.7 Å². The average molecular weight is 386 g/mol. The number of rotatable bonds is 2. The molecule has 152 valence electrons. The van der Waals surface area contributed by atoms with Crippen LogP contribution in [0.1, 0.15) is 65.2 Å². The highest BCUT2D eigenvalue weighted by Gasteiger charge is 2.66. The summed E-state index contributed by atoms with van der Waals surface area (Å²) in [5.41, 5.74) is 0.713. The van der Waals surface area contributed by atoms with Gasteiger partial charge in [-0.2, -0.15) is 0 Å². The van der Waals surface area contributed by atoms with Crippen LogP contribution in [-0.2, 0) is 9.53 Å². The summed E-state index contributed by atoms with van der Waals surface area (Å²) in [7, 11) is 0. The molecular weight excluding hydrogens is 354 g/mol. The lowest BCUT2D eigenvalue weighted by Gasteiger charge is -2.57. The number of carbonyl (C=O) groups excluding carboxylic acids is 1. The van der Waals surface area contributed by atoms with Crippen LogP contribution in [0.15, 0.2) is 16.8 Å². The number of carbonyl (C=O) groups is 1. The summed E-state index contributed by atoms with van der Waals surface area (Å²) in [6.45, 7) is 3.62. The van der Waals surface area contributed by atoms with Crippen molar-refractivity contribution < 1.29 is 19.8 Å². The van der Waals surface area contributed by atoms with Gasteiger partial charge in [0.15, 0.2) is 5.60 Å². The lowest BCUT2D eigenvalue weighted by molar-refractivity contribution is -0.171. The van der Waals surface area contributed by atoms with E-state index < -0.39 is 11.7 Å². The van der Waals surface area contributed by atoms with Crippen LogP contribution in [0.3, 0.4) is 0 Å². The van der Waals surface area contributed by atoms with Crippen molar-refractivity contribution >= 4 is 11.7 Å². The Morgan fingerprint density at radius 1 is 1.36 bits per heavy atom. The van der Waals surface area contributed by atoms with E-state index in [9.17, 15) is 9.90 Å². The fourth-order valence-corrected chi connectivity index (χ4v) is 7.46. The number of allylic oxidation sites excluding steroid dienone is 1. The van der Waals surface area contributed by atoms with E-state index in [0.29, 0.717) is 29.4 Å². The summed E-state index contributed by atoms with van der Waals surface area (Å²) in [6, 6.07) is 0. The van der Waals surface area contributed by atoms with Crippen LogP contribution < -0.4 is 0 Å². The molecule has 4 rings (SSSR count). The SMILES string of the molecule is C#C[C@]1(OC(C)=O)CC[C@H]2[C@@H]3C[C@@H](O)C4=C/C(=N\O)CC[C@@H]4[C@H]3CC[C@@]21CC. The Morgan fingerprint density at radius 2 is 2.14 bits per heavy atom. The zero-order chi connectivity index (χ0) is 20.1. The molecule has 28 heavy (non-hydrogen) atoms. The third-order valence-electron chi connectivity index (χ3n) is 8.49. The van der Waals surface area contributed by atoms with Crippen molar-refractivity contribution in [3.63, 3.8) is 0 Å². The van der Waals surface area contributed by atoms with Gasteiger partial charge in [0.05, 0.1) is 11.8 Å². The van der Waals surface area contributed by atoms with Gasteiger partial charge in [-0.1, -0.05) is 18.0 Å². The second-order valence-electron chi connectivity index (χ2n) is 9.22. The number of hydrogen-bond donors (Lipinski definition) is 2. The maximum Gasteiger partial charge on any atom is 0.304 e. The van der Waals surface area contributed by atoms with Crippen LogP contribution in [0, 0.1) is 41.4 Å². The van der Waals surface area contributed by atoms with Crippen molar-refractivity contribution in [1.29, 1.82) is 0 Å². The van der Waals surface area contributed by atoms with Crippen LogP contribution in [0.4, 0.5) is 0 Å². The minimum absolute atomic E-state index is 0.193. The van der Waals surface area contributed by atoms with E-state index in [2.05, 4.69) is 18.0 Å². The molecule has 5 heteroatoms. The molecule has 4 aliphatic carbocycles. The van der Waals surface area contributed by atoms with Crippen molar-refractivity contribution in [2.45, 2.75) is 76.9 Å². The number of esters is 1. The Hall–Kier alpha value is -1.80. The number of aliphatic hydroxyl groups is 1. The Morgan fingerprint density at radius 3 is 2.79 bits per heavy atom. The lowest BCUT2D eigenvalue weighted by atomic mass is 9.49. The molecule has 0 bridgehead atoms. The molecule has 2 N–H and O–H groups in total. The monoisotopic (exact) mass is 385 g/mol. The first-order valence-electron chi connectivity index (χ1n) is 10.7. The van der Waals surface area contributed by atoms with Crippen molar-refractivity contribution in [3.05, 3.63) is 11.6 Å². The molecule has 0 spiro atoms. The number of ether oxygens (including phenoxy) is 1. The molecule has 5 nitrogen and oxygen atoms in total. The molecule has 0 radical (unpaired) electrons. The molecule has 7 atom stereocenters. The first-order chi connectivity index (χ1) is 13.4. The minimum Gasteiger partial charge on any atom is -0.445 e. The highest BCUT2D eigenvalue weighted by Crippen LogP contribution is 2.67. The molecule has 0 aromatic heterocycles. The second kappa shape index (κ2) is 6.91. The summed E-state index contributed by atoms with van der Waals surface area (Å²) in [5, 5.41) is 23.5. The molecule has 0 unspecified atom stereocenters. The van der Waals surface area contributed by atoms with Crippen LogP contribution in [0.25, 0.3) is 0 Å². The highest BCUT2D eigenvalue weighted by molar-refractivity contribution is 5.96. The predicted octanol–water partition coefficient (Wildman–Crippen LogP) is 3.69. The Labute approximate surface area is 167 Å². The third kappa shape index (κ3) is 2.57. The molecule has 0 aromatic carbocycles. The van der Waals surface area contributed by atoms with Crippen LogP contribution >= 0.6 is 0 Å². The van der Waals surface area contributed by atoms with E-state index in [1.54, 1.807) is 0 Å². The lowest BCUT2D eigenvalue weighted by Crippen LogP contribution is -2.56. The minimum atomic E-state index is -0.812. The van der Waals surface area contributed by atoms with Gasteiger partial charge in [0.2, 0.25) is 0 Å². The average Bonchev–Trinajstić information content (AvgIpc) is 3.02. The van der Waals surface area contributed by atoms with E-state index in [1.165, 1.54) is 6.92 Å². The fraction of sp³-hybridized carbons (Fsp3) is 0.739. The Balaban J connectivity index is 1.70. The molecule has 3 saturated carbocycles. The number of terminal acetylenes is 1. The van der Waals surface area contributed by atoms with Crippen LogP contribution in [0.2, 0.25) is 0 Å². The molecular formula is C23H31NO4. The molecule has 0 aromatic rings. The molecule has 0 saturated heterocycles. The molecule has 3 fully saturated rings. The van der Waals surface area contributed by atoms with Gasteiger partial charge in [0.25, 0.3) is 0 Å². The predicted molar refractivity (Wildman–Crippen MR) is 106 cm³/mol. The van der Waals surface area contributed by atoms with Gasteiger partial charge < -0.3 is 15.1 Å². The summed E-state index contributed by atoms with van der Waals surface area (Å²) < 4.78 is 5.86. The zero-order valence-electron chi connectivity index (χ0n) is 16.9. The molecule has 0 amide bonds. The molecule has 0 heterocycles. The van der Waals surface area contributed by atoms with Crippen molar-refractivity contribution in [2.24, 2.45) is 34.2 Å². The third-order valence-corrected chi connectivity index (χ3v) is 8.49. The molecule has 0 aliphatic heterocycles. The first-order valence-corrected chi connectivity index (χ1v) is 10.7. The smallest absolute Gasteiger partial charge is 0.304 e. The zero-order valence-corrected chi connectivity index (χ0v) is 16.9. The molecule has 4 aliphatic rings. The van der Waals surface area contributed by atoms with Gasteiger partial charge in [-0.3, -0.25) is 4.79 Å². The van der Waals surface area contributed by atoms with Gasteiger partial charge in [0, 0.05) is 12.3 Å². The van der Waals surface area contributed by atoms with E-state index in [-0.39, 0.29) is 11.4 Å². The quantitative estimate of drug-likeness (QED) is 0.329. The summed E-state index contributed by atoms with van der Waals surface area (Å²) >= 11 is 0. The summed E-state index contributed by atoms with van der Waals surface area (Å²) in [4.78, 5) is 11.9. The van der Waals surface area contributed by atoms with Gasteiger partial charge in [0.1, 0.15) is 0 Å². The van der Waals surface area contributed by atoms with Crippen molar-refractivity contribution in [2.75, 3.05) is 0 Å². The van der Waals surface area contributed by atoms with Crippen LogP contribution in [-0.4, -0.2) is 33.7 Å². The maximum atomic E-state index is 11.9. The van der Waals surface area contributed by atoms with Crippen molar-refractivity contribution in [1.82, 2.24) is 0 Å². The summed E-state index contributed by atoms with van der Waals surface area (Å²) in [5.74, 6) is 4.25. The number of nitrogens with zero attached hydrogens (tertiary/aromatic N) is 1. The number of fused-ring (bicyclic) bond motifs is 5. The second-order valence-corrected chi connectivity index (χ2v) is 9.22. The first kappa shape index (κ1) is 19.5. The van der Waals surface area contributed by atoms with Gasteiger partial charge >= 0.3 is 5.97 Å². The van der Waals surface area contributed by atoms with Gasteiger partial charge in [-0.15, -0.1) is 6.42 Å². The number of oxime groups is 1. The van der Waals surface area contributed by atoms with E-state index >= 15 is 0 Å². The van der Waals surface area contributed by atoms with E-state index in [1.807, 2.05) is 6.08 Å². The van der Waals surface area contributed by atoms with Crippen molar-refractivity contribution in [3.8, 4) is 12.3 Å². The fourth-order valence-electron chi connectivity index (χ4n) is 7.46. The van der Waals surface area contributed by atoms with E-state index in [4.69, 9.17) is 16.4 Å². The largest absolute Gasteiger partial charge is 0.445 e. The topological polar surface area (TPSA) is 79.1 Å². The number of aliphatic hydroxyl groups excluding tert-OH is 1. The van der Waals surface area contributed by atoms with Gasteiger partial charge in [-0.25, -0.2) is 0 Å². The standard InChI is InChI=1S/C23H31NO4/c1-4-22-10-8-17-16-7-6-15(24-27)12-19(16)21(26)13-18(17)20(22)9-11-23(22,5-2)28-14(3)25/h2,12,16-18,20-21,26-27H,4,6-11,13H2,1,3H3/b24-15-/t16-,17-,18-,20+,21-,22+,23+/m1/s1. The summed E-state index contributed by atoms with van der Waals surface area (Å²) in [6.07, 6.45) is 14.4. The maximum absolute atomic E-state index is 11.9. The normalized spacial score (nSPS) is 46.0. The van der Waals surface area contributed by atoms with E-state index in [0.717, 1.165) is 56.9 Å². The Kier molecular flexibility index (Phi) is 4.82. The van der Waals surface area contributed by atoms with Crippen LogP contribution in [0.5, 0.6) is 0 Å².